The number of carbonyl (C=O) groups excluding carboxylic acids is 1. The van der Waals surface area contributed by atoms with E-state index in [9.17, 15) is 4.79 Å². The van der Waals surface area contributed by atoms with Crippen molar-refractivity contribution in [1.82, 2.24) is 14.9 Å². The first-order valence-electron chi connectivity index (χ1n) is 9.31. The van der Waals surface area contributed by atoms with Crippen molar-refractivity contribution in [1.29, 1.82) is 0 Å². The molecule has 1 N–H and O–H groups in total. The summed E-state index contributed by atoms with van der Waals surface area (Å²) in [7, 11) is 0. The molecule has 1 saturated heterocycles. The van der Waals surface area contributed by atoms with E-state index in [-0.39, 0.29) is 11.9 Å². The Morgan fingerprint density at radius 1 is 1.25 bits per heavy atom. The van der Waals surface area contributed by atoms with Crippen LogP contribution in [0.5, 0.6) is 0 Å². The standard InChI is InChI=1S/C21H21ClN4OS/c22-17-7-2-1-5-15(17)13-16-6-3-8-18(24-16)19-9-4-11-26(19)14-20(27)25-21-23-10-12-28-21/h1-3,5-8,10,12,19H,4,9,11,13-14H2,(H,23,25,27). The summed E-state index contributed by atoms with van der Waals surface area (Å²) in [6.45, 7) is 1.24. The van der Waals surface area contributed by atoms with Crippen molar-refractivity contribution in [2.24, 2.45) is 0 Å². The number of nitrogens with one attached hydrogen (secondary N) is 1. The first kappa shape index (κ1) is 19.1. The second-order valence-electron chi connectivity index (χ2n) is 6.84. The minimum atomic E-state index is -0.0333. The number of benzene rings is 1. The highest BCUT2D eigenvalue weighted by Crippen LogP contribution is 2.31. The van der Waals surface area contributed by atoms with Gasteiger partial charge in [-0.05, 0) is 43.1 Å². The molecule has 1 aromatic carbocycles. The number of halogens is 1. The second kappa shape index (κ2) is 8.82. The number of carbonyl (C=O) groups is 1. The fourth-order valence-corrected chi connectivity index (χ4v) is 4.35. The van der Waals surface area contributed by atoms with Gasteiger partial charge < -0.3 is 5.32 Å². The maximum absolute atomic E-state index is 12.4. The van der Waals surface area contributed by atoms with Crippen LogP contribution in [-0.2, 0) is 11.2 Å². The number of anilines is 1. The van der Waals surface area contributed by atoms with Crippen LogP contribution in [0.15, 0.2) is 54.0 Å². The number of hydrogen-bond acceptors (Lipinski definition) is 5. The maximum Gasteiger partial charge on any atom is 0.240 e. The molecule has 1 unspecified atom stereocenters. The lowest BCUT2D eigenvalue weighted by atomic mass is 10.1. The number of hydrogen-bond donors (Lipinski definition) is 1. The third-order valence-electron chi connectivity index (χ3n) is 4.89. The third kappa shape index (κ3) is 4.58. The lowest BCUT2D eigenvalue weighted by molar-refractivity contribution is -0.117. The quantitative estimate of drug-likeness (QED) is 0.644. The van der Waals surface area contributed by atoms with Crippen molar-refractivity contribution >= 4 is 34.0 Å². The number of thiazole rings is 1. The van der Waals surface area contributed by atoms with Crippen LogP contribution in [0.4, 0.5) is 5.13 Å². The Bertz CT molecular complexity index is 947. The summed E-state index contributed by atoms with van der Waals surface area (Å²) in [6.07, 6.45) is 4.46. The molecule has 0 bridgehead atoms. The fourth-order valence-electron chi connectivity index (χ4n) is 3.60. The molecule has 1 atom stereocenters. The number of likely N-dealkylation sites (tertiary alicyclic amines) is 1. The zero-order chi connectivity index (χ0) is 19.3. The van der Waals surface area contributed by atoms with Crippen LogP contribution in [0.2, 0.25) is 5.02 Å². The summed E-state index contributed by atoms with van der Waals surface area (Å²) in [5.41, 5.74) is 3.08. The number of pyridine rings is 1. The highest BCUT2D eigenvalue weighted by molar-refractivity contribution is 7.13. The molecule has 0 radical (unpaired) electrons. The van der Waals surface area contributed by atoms with E-state index < -0.39 is 0 Å². The van der Waals surface area contributed by atoms with E-state index in [1.54, 1.807) is 6.20 Å². The molecule has 28 heavy (non-hydrogen) atoms. The fraction of sp³-hybridized carbons (Fsp3) is 0.286. The molecule has 0 spiro atoms. The molecule has 1 amide bonds. The average Bonchev–Trinajstić information content (AvgIpc) is 3.36. The van der Waals surface area contributed by atoms with Gasteiger partial charge in [-0.1, -0.05) is 35.9 Å². The number of nitrogens with zero attached hydrogens (tertiary/aromatic N) is 3. The molecule has 144 valence electrons. The molecule has 5 nitrogen and oxygen atoms in total. The van der Waals surface area contributed by atoms with Crippen molar-refractivity contribution in [3.63, 3.8) is 0 Å². The van der Waals surface area contributed by atoms with E-state index in [0.717, 1.165) is 41.4 Å². The maximum atomic E-state index is 12.4. The topological polar surface area (TPSA) is 58.1 Å². The second-order valence-corrected chi connectivity index (χ2v) is 8.14. The Kier molecular flexibility index (Phi) is 6.00. The van der Waals surface area contributed by atoms with E-state index >= 15 is 0 Å². The van der Waals surface area contributed by atoms with Gasteiger partial charge >= 0.3 is 0 Å². The molecule has 4 rings (SSSR count). The van der Waals surface area contributed by atoms with Crippen LogP contribution in [0.25, 0.3) is 0 Å². The van der Waals surface area contributed by atoms with Crippen LogP contribution in [0, 0.1) is 0 Å². The summed E-state index contributed by atoms with van der Waals surface area (Å²) in [5.74, 6) is -0.0333. The van der Waals surface area contributed by atoms with Crippen LogP contribution in [0.3, 0.4) is 0 Å². The molecule has 1 aliphatic heterocycles. The summed E-state index contributed by atoms with van der Waals surface area (Å²) in [5, 5.41) is 6.11. The van der Waals surface area contributed by atoms with E-state index in [2.05, 4.69) is 21.3 Å². The molecular formula is C21H21ClN4OS. The predicted molar refractivity (Wildman–Crippen MR) is 113 cm³/mol. The van der Waals surface area contributed by atoms with Gasteiger partial charge in [-0.15, -0.1) is 11.3 Å². The highest BCUT2D eigenvalue weighted by atomic mass is 35.5. The number of aromatic nitrogens is 2. The molecule has 0 aliphatic carbocycles. The molecule has 1 fully saturated rings. The molecular weight excluding hydrogens is 392 g/mol. The monoisotopic (exact) mass is 412 g/mol. The lowest BCUT2D eigenvalue weighted by Crippen LogP contribution is -2.33. The van der Waals surface area contributed by atoms with Crippen molar-refractivity contribution in [2.45, 2.75) is 25.3 Å². The summed E-state index contributed by atoms with van der Waals surface area (Å²) in [6, 6.07) is 14.1. The summed E-state index contributed by atoms with van der Waals surface area (Å²) >= 11 is 7.72. The van der Waals surface area contributed by atoms with E-state index in [1.807, 2.05) is 41.8 Å². The van der Waals surface area contributed by atoms with Gasteiger partial charge in [0.15, 0.2) is 5.13 Å². The van der Waals surface area contributed by atoms with Crippen LogP contribution < -0.4 is 5.32 Å². The smallest absolute Gasteiger partial charge is 0.240 e. The zero-order valence-electron chi connectivity index (χ0n) is 15.3. The average molecular weight is 413 g/mol. The minimum Gasteiger partial charge on any atom is -0.301 e. The van der Waals surface area contributed by atoms with E-state index in [4.69, 9.17) is 16.6 Å². The Hall–Kier alpha value is -2.28. The lowest BCUT2D eigenvalue weighted by Gasteiger charge is -2.23. The Labute approximate surface area is 173 Å². The SMILES string of the molecule is O=C(CN1CCCC1c1cccc(Cc2ccccc2Cl)n1)Nc1nccs1. The Morgan fingerprint density at radius 2 is 2.14 bits per heavy atom. The molecule has 3 heterocycles. The Balaban J connectivity index is 1.45. The van der Waals surface area contributed by atoms with Gasteiger partial charge in [0.05, 0.1) is 18.3 Å². The van der Waals surface area contributed by atoms with Crippen LogP contribution in [-0.4, -0.2) is 33.9 Å². The van der Waals surface area contributed by atoms with Gasteiger partial charge in [0.2, 0.25) is 5.91 Å². The van der Waals surface area contributed by atoms with Gasteiger partial charge in [-0.3, -0.25) is 14.7 Å². The molecule has 7 heteroatoms. The van der Waals surface area contributed by atoms with Crippen LogP contribution >= 0.6 is 22.9 Å². The first-order chi connectivity index (χ1) is 13.7. The molecule has 3 aromatic rings. The van der Waals surface area contributed by atoms with E-state index in [1.165, 1.54) is 11.3 Å². The van der Waals surface area contributed by atoms with Crippen molar-refractivity contribution < 1.29 is 4.79 Å². The van der Waals surface area contributed by atoms with Gasteiger partial charge in [0, 0.05) is 28.7 Å². The highest BCUT2D eigenvalue weighted by Gasteiger charge is 2.28. The number of amides is 1. The van der Waals surface area contributed by atoms with Gasteiger partial charge in [0.25, 0.3) is 0 Å². The molecule has 1 aliphatic rings. The third-order valence-corrected chi connectivity index (χ3v) is 5.95. The minimum absolute atomic E-state index is 0.0333. The van der Waals surface area contributed by atoms with Crippen molar-refractivity contribution in [2.75, 3.05) is 18.4 Å². The van der Waals surface area contributed by atoms with Gasteiger partial charge in [0.1, 0.15) is 0 Å². The largest absolute Gasteiger partial charge is 0.301 e. The normalized spacial score (nSPS) is 17.0. The first-order valence-corrected chi connectivity index (χ1v) is 10.6. The number of rotatable bonds is 6. The van der Waals surface area contributed by atoms with Gasteiger partial charge in [-0.25, -0.2) is 4.98 Å². The molecule has 0 saturated carbocycles. The van der Waals surface area contributed by atoms with Crippen molar-refractivity contribution in [3.8, 4) is 0 Å². The van der Waals surface area contributed by atoms with Gasteiger partial charge in [-0.2, -0.15) is 0 Å². The zero-order valence-corrected chi connectivity index (χ0v) is 16.9. The summed E-state index contributed by atoms with van der Waals surface area (Å²) < 4.78 is 0. The van der Waals surface area contributed by atoms with Crippen molar-refractivity contribution in [3.05, 3.63) is 76.0 Å². The molecule has 2 aromatic heterocycles. The van der Waals surface area contributed by atoms with E-state index in [0.29, 0.717) is 18.1 Å². The summed E-state index contributed by atoms with van der Waals surface area (Å²) in [4.78, 5) is 23.6. The Morgan fingerprint density at radius 3 is 2.96 bits per heavy atom. The van der Waals surface area contributed by atoms with Crippen LogP contribution in [0.1, 0.15) is 35.8 Å². The predicted octanol–water partition coefficient (Wildman–Crippen LogP) is 4.56.